The first-order valence-corrected chi connectivity index (χ1v) is 9.38. The summed E-state index contributed by atoms with van der Waals surface area (Å²) in [6.07, 6.45) is -0.977. The number of ether oxygens (including phenoxy) is 1. The fourth-order valence-corrected chi connectivity index (χ4v) is 3.41. The Morgan fingerprint density at radius 3 is 2.36 bits per heavy atom. The summed E-state index contributed by atoms with van der Waals surface area (Å²) >= 11 is 0. The van der Waals surface area contributed by atoms with E-state index in [9.17, 15) is 14.7 Å². The molecule has 6 nitrogen and oxygen atoms in total. The van der Waals surface area contributed by atoms with Gasteiger partial charge in [-0.2, -0.15) is 0 Å². The van der Waals surface area contributed by atoms with E-state index in [0.717, 1.165) is 27.3 Å². The lowest BCUT2D eigenvalue weighted by Crippen LogP contribution is -2.40. The Morgan fingerprint density at radius 1 is 1.04 bits per heavy atom. The van der Waals surface area contributed by atoms with Crippen molar-refractivity contribution in [3.63, 3.8) is 0 Å². The number of hydrogen-bond acceptors (Lipinski definition) is 4. The first kappa shape index (κ1) is 19.9. The molecule has 0 bridgehead atoms. The maximum Gasteiger partial charge on any atom is 0.332 e. The van der Waals surface area contributed by atoms with E-state index in [-0.39, 0.29) is 19.1 Å². The number of urea groups is 1. The Bertz CT molecular complexity index is 882. The Morgan fingerprint density at radius 2 is 1.68 bits per heavy atom. The zero-order valence-corrected chi connectivity index (χ0v) is 16.7. The van der Waals surface area contributed by atoms with E-state index < -0.39 is 18.2 Å². The van der Waals surface area contributed by atoms with Gasteiger partial charge in [-0.25, -0.2) is 4.79 Å². The molecule has 1 N–H and O–H groups in total. The molecule has 0 aliphatic carbocycles. The zero-order valence-electron chi connectivity index (χ0n) is 16.7. The third-order valence-electron chi connectivity index (χ3n) is 5.17. The van der Waals surface area contributed by atoms with Gasteiger partial charge >= 0.3 is 6.03 Å². The molecule has 0 aromatic heterocycles. The number of nitrogens with zero attached hydrogens (tertiary/aromatic N) is 2. The van der Waals surface area contributed by atoms with Crippen LogP contribution in [0.5, 0.6) is 5.75 Å². The van der Waals surface area contributed by atoms with Crippen molar-refractivity contribution in [2.45, 2.75) is 39.8 Å². The minimum atomic E-state index is -0.977. The highest BCUT2D eigenvalue weighted by atomic mass is 16.5. The van der Waals surface area contributed by atoms with Crippen molar-refractivity contribution < 1.29 is 19.4 Å². The molecule has 1 heterocycles. The van der Waals surface area contributed by atoms with Crippen LogP contribution in [0.1, 0.15) is 23.6 Å². The summed E-state index contributed by atoms with van der Waals surface area (Å²) in [4.78, 5) is 27.9. The molecule has 6 heteroatoms. The average Bonchev–Trinajstić information content (AvgIpc) is 2.89. The highest BCUT2D eigenvalue weighted by molar-refractivity contribution is 6.14. The molecule has 2 aromatic carbocycles. The van der Waals surface area contributed by atoms with Crippen LogP contribution in [0.3, 0.4) is 0 Å². The van der Waals surface area contributed by atoms with Gasteiger partial charge in [0.15, 0.2) is 0 Å². The topological polar surface area (TPSA) is 70.1 Å². The summed E-state index contributed by atoms with van der Waals surface area (Å²) in [5, 5.41) is 10.4. The maximum atomic E-state index is 12.8. The Hall–Kier alpha value is -2.86. The van der Waals surface area contributed by atoms with Crippen LogP contribution in [0.25, 0.3) is 0 Å². The molecule has 1 aliphatic rings. The number of carbonyl (C=O) groups excluding carboxylic acids is 2. The largest absolute Gasteiger partial charge is 0.490 e. The van der Waals surface area contributed by atoms with E-state index in [1.165, 1.54) is 4.90 Å². The van der Waals surface area contributed by atoms with Gasteiger partial charge in [0.1, 0.15) is 24.5 Å². The number of aliphatic hydroxyl groups is 1. The van der Waals surface area contributed by atoms with Gasteiger partial charge in [0, 0.05) is 5.69 Å². The van der Waals surface area contributed by atoms with E-state index in [4.69, 9.17) is 4.74 Å². The summed E-state index contributed by atoms with van der Waals surface area (Å²) < 4.78 is 5.82. The third kappa shape index (κ3) is 3.73. The molecule has 1 saturated heterocycles. The fourth-order valence-electron chi connectivity index (χ4n) is 3.41. The predicted molar refractivity (Wildman–Crippen MR) is 108 cm³/mol. The number of para-hydroxylation sites is 1. The number of aliphatic hydroxyl groups excluding tert-OH is 1. The number of benzene rings is 2. The molecule has 2 aromatic rings. The molecule has 0 radical (unpaired) electrons. The van der Waals surface area contributed by atoms with Crippen molar-refractivity contribution in [3.05, 3.63) is 59.2 Å². The number of amides is 3. The first-order valence-electron chi connectivity index (χ1n) is 9.38. The minimum absolute atomic E-state index is 0.00190. The fraction of sp³-hybridized carbons (Fsp3) is 0.364. The number of carbonyl (C=O) groups is 2. The van der Waals surface area contributed by atoms with Gasteiger partial charge < -0.3 is 9.84 Å². The predicted octanol–water partition coefficient (Wildman–Crippen LogP) is 3.21. The van der Waals surface area contributed by atoms with Gasteiger partial charge in [-0.3, -0.25) is 14.6 Å². The first-order chi connectivity index (χ1) is 13.3. The van der Waals surface area contributed by atoms with Crippen LogP contribution < -0.4 is 9.64 Å². The summed E-state index contributed by atoms with van der Waals surface area (Å²) in [5.41, 5.74) is 3.76. The van der Waals surface area contributed by atoms with Crippen molar-refractivity contribution in [1.29, 1.82) is 0 Å². The van der Waals surface area contributed by atoms with Crippen molar-refractivity contribution in [2.75, 3.05) is 18.1 Å². The second-order valence-corrected chi connectivity index (χ2v) is 7.23. The van der Waals surface area contributed by atoms with Crippen LogP contribution in [0.2, 0.25) is 0 Å². The lowest BCUT2D eigenvalue weighted by Gasteiger charge is -2.21. The van der Waals surface area contributed by atoms with Gasteiger partial charge in [-0.05, 0) is 56.5 Å². The van der Waals surface area contributed by atoms with Gasteiger partial charge in [-0.1, -0.05) is 30.3 Å². The Labute approximate surface area is 165 Å². The molecule has 3 amide bonds. The molecule has 28 heavy (non-hydrogen) atoms. The van der Waals surface area contributed by atoms with Crippen LogP contribution in [0.4, 0.5) is 10.5 Å². The normalized spacial score (nSPS) is 18.0. The number of imide groups is 1. The second-order valence-electron chi connectivity index (χ2n) is 7.23. The highest BCUT2D eigenvalue weighted by Crippen LogP contribution is 2.27. The van der Waals surface area contributed by atoms with Gasteiger partial charge in [0.25, 0.3) is 5.91 Å². The van der Waals surface area contributed by atoms with Gasteiger partial charge in [0.2, 0.25) is 0 Å². The van der Waals surface area contributed by atoms with E-state index in [0.29, 0.717) is 5.69 Å². The van der Waals surface area contributed by atoms with Crippen LogP contribution >= 0.6 is 0 Å². The number of anilines is 1. The molecular formula is C22H26N2O4. The van der Waals surface area contributed by atoms with Crippen molar-refractivity contribution >= 4 is 17.6 Å². The Balaban J connectivity index is 1.67. The second kappa shape index (κ2) is 8.02. The molecule has 0 spiro atoms. The average molecular weight is 382 g/mol. The Kier molecular flexibility index (Phi) is 5.70. The minimum Gasteiger partial charge on any atom is -0.490 e. The van der Waals surface area contributed by atoms with E-state index in [1.54, 1.807) is 19.1 Å². The standard InChI is InChI=1S/C22H26N2O4/c1-14-10-11-15(2)20(16(14)3)28-13-19(25)12-23-21(26)17(4)24(22(23)27)18-8-6-5-7-9-18/h5-11,17,19,25H,12-13H2,1-4H3/t17-,19-/m0/s1. The maximum absolute atomic E-state index is 12.8. The monoisotopic (exact) mass is 382 g/mol. The van der Waals surface area contributed by atoms with Crippen LogP contribution in [-0.4, -0.2) is 47.2 Å². The van der Waals surface area contributed by atoms with E-state index in [1.807, 2.05) is 51.1 Å². The lowest BCUT2D eigenvalue weighted by molar-refractivity contribution is -0.128. The van der Waals surface area contributed by atoms with Gasteiger partial charge in [0.05, 0.1) is 6.54 Å². The smallest absolute Gasteiger partial charge is 0.332 e. The third-order valence-corrected chi connectivity index (χ3v) is 5.17. The molecule has 148 valence electrons. The van der Waals surface area contributed by atoms with Gasteiger partial charge in [-0.15, -0.1) is 0 Å². The SMILES string of the molecule is Cc1ccc(C)c(OC[C@@H](O)CN2C(=O)[C@H](C)N(c3ccccc3)C2=O)c1C. The highest BCUT2D eigenvalue weighted by Gasteiger charge is 2.43. The molecule has 1 fully saturated rings. The summed E-state index contributed by atoms with van der Waals surface area (Å²) in [7, 11) is 0. The van der Waals surface area contributed by atoms with Crippen molar-refractivity contribution in [3.8, 4) is 5.75 Å². The number of aryl methyl sites for hydroxylation is 2. The number of hydrogen-bond donors (Lipinski definition) is 1. The lowest BCUT2D eigenvalue weighted by atomic mass is 10.1. The molecule has 2 atom stereocenters. The number of rotatable bonds is 6. The molecule has 0 unspecified atom stereocenters. The number of β-amino-alcohol motifs (C(OH)–C–C–N with tert-alkyl or cyclic N) is 1. The summed E-state index contributed by atoms with van der Waals surface area (Å²) in [5.74, 6) is 0.410. The van der Waals surface area contributed by atoms with Crippen LogP contribution in [0, 0.1) is 20.8 Å². The van der Waals surface area contributed by atoms with Crippen LogP contribution in [-0.2, 0) is 4.79 Å². The van der Waals surface area contributed by atoms with Crippen molar-refractivity contribution in [2.24, 2.45) is 0 Å². The summed E-state index contributed by atoms with van der Waals surface area (Å²) in [6, 6.07) is 12.0. The van der Waals surface area contributed by atoms with Crippen molar-refractivity contribution in [1.82, 2.24) is 4.90 Å². The van der Waals surface area contributed by atoms with E-state index in [2.05, 4.69) is 0 Å². The van der Waals surface area contributed by atoms with Crippen LogP contribution in [0.15, 0.2) is 42.5 Å². The molecule has 1 aliphatic heterocycles. The van der Waals surface area contributed by atoms with E-state index >= 15 is 0 Å². The molecular weight excluding hydrogens is 356 g/mol. The zero-order chi connectivity index (χ0) is 20.4. The molecule has 3 rings (SSSR count). The summed E-state index contributed by atoms with van der Waals surface area (Å²) in [6.45, 7) is 7.50. The molecule has 0 saturated carbocycles. The quantitative estimate of drug-likeness (QED) is 0.779.